The zero-order valence-electron chi connectivity index (χ0n) is 16.6. The standard InChI is InChI=1S/C21H30N4O3/c1-2-3-5-25-18(27)16-17(24(20(25)28)6-4-7-26)23-19(22-16)21-11-13-8-14(12-21)10-15(21)9-13/h13-15,26H,2-12H2,1H3,(H,22,23)/t13-,14+,15?,21?. The summed E-state index contributed by atoms with van der Waals surface area (Å²) in [5.74, 6) is 3.18. The highest BCUT2D eigenvalue weighted by atomic mass is 16.3. The number of imidazole rings is 1. The number of aliphatic hydroxyl groups is 1. The lowest BCUT2D eigenvalue weighted by Gasteiger charge is -2.30. The van der Waals surface area contributed by atoms with E-state index >= 15 is 0 Å². The Balaban J connectivity index is 1.67. The quantitative estimate of drug-likeness (QED) is 0.762. The Hall–Kier alpha value is -1.89. The summed E-state index contributed by atoms with van der Waals surface area (Å²) in [5.41, 5.74) is 0.468. The van der Waals surface area contributed by atoms with Crippen molar-refractivity contribution in [2.24, 2.45) is 17.8 Å². The van der Waals surface area contributed by atoms with Gasteiger partial charge in [-0.3, -0.25) is 13.9 Å². The van der Waals surface area contributed by atoms with Crippen LogP contribution in [-0.2, 0) is 18.5 Å². The molecule has 152 valence electrons. The SMILES string of the molecule is CCCCn1c(=O)c2[nH]c(C34C[C@@H]5CC3C[C@@H](C5)C4)nc2n(CCCO)c1=O. The summed E-state index contributed by atoms with van der Waals surface area (Å²) in [6.45, 7) is 2.86. The van der Waals surface area contributed by atoms with Gasteiger partial charge in [-0.25, -0.2) is 9.78 Å². The van der Waals surface area contributed by atoms with Crippen molar-refractivity contribution in [2.45, 2.75) is 76.8 Å². The number of H-pyrrole nitrogens is 1. The van der Waals surface area contributed by atoms with E-state index in [-0.39, 0.29) is 23.3 Å². The van der Waals surface area contributed by atoms with Crippen molar-refractivity contribution in [1.82, 2.24) is 19.1 Å². The van der Waals surface area contributed by atoms with Crippen molar-refractivity contribution < 1.29 is 5.11 Å². The van der Waals surface area contributed by atoms with E-state index in [0.717, 1.165) is 30.5 Å². The molecule has 2 heterocycles. The Kier molecular flexibility index (Phi) is 4.27. The predicted octanol–water partition coefficient (Wildman–Crippen LogP) is 2.15. The fraction of sp³-hybridized carbons (Fsp3) is 0.762. The third kappa shape index (κ3) is 2.48. The minimum Gasteiger partial charge on any atom is -0.396 e. The second-order valence-corrected chi connectivity index (χ2v) is 9.31. The Labute approximate surface area is 163 Å². The molecule has 0 aromatic carbocycles. The number of aromatic nitrogens is 4. The predicted molar refractivity (Wildman–Crippen MR) is 106 cm³/mol. The molecule has 2 N–H and O–H groups in total. The summed E-state index contributed by atoms with van der Waals surface area (Å²) in [4.78, 5) is 34.4. The maximum atomic E-state index is 13.1. The van der Waals surface area contributed by atoms with Crippen molar-refractivity contribution in [3.63, 3.8) is 0 Å². The highest BCUT2D eigenvalue weighted by Crippen LogP contribution is 2.65. The highest BCUT2D eigenvalue weighted by molar-refractivity contribution is 5.70. The van der Waals surface area contributed by atoms with Gasteiger partial charge in [-0.05, 0) is 62.7 Å². The first-order valence-corrected chi connectivity index (χ1v) is 10.9. The van der Waals surface area contributed by atoms with Crippen molar-refractivity contribution in [2.75, 3.05) is 6.61 Å². The zero-order valence-corrected chi connectivity index (χ0v) is 16.6. The van der Waals surface area contributed by atoms with Gasteiger partial charge in [0.15, 0.2) is 5.65 Å². The molecule has 0 amide bonds. The van der Waals surface area contributed by atoms with Crippen LogP contribution >= 0.6 is 0 Å². The second kappa shape index (κ2) is 6.58. The first kappa shape index (κ1) is 18.2. The lowest BCUT2D eigenvalue weighted by molar-refractivity contribution is 0.262. The van der Waals surface area contributed by atoms with E-state index in [1.165, 1.54) is 36.7 Å². The Bertz CT molecular complexity index is 1000. The molecule has 7 heteroatoms. The van der Waals surface area contributed by atoms with Crippen molar-refractivity contribution in [1.29, 1.82) is 0 Å². The van der Waals surface area contributed by atoms with Gasteiger partial charge >= 0.3 is 5.69 Å². The number of aryl methyl sites for hydroxylation is 1. The molecule has 7 nitrogen and oxygen atoms in total. The van der Waals surface area contributed by atoms with Gasteiger partial charge in [-0.15, -0.1) is 0 Å². The summed E-state index contributed by atoms with van der Waals surface area (Å²) in [5, 5.41) is 9.28. The summed E-state index contributed by atoms with van der Waals surface area (Å²) >= 11 is 0. The number of nitrogens with zero attached hydrogens (tertiary/aromatic N) is 3. The third-order valence-corrected chi connectivity index (χ3v) is 7.60. The van der Waals surface area contributed by atoms with Crippen molar-refractivity contribution >= 4 is 11.2 Å². The Morgan fingerprint density at radius 3 is 2.50 bits per heavy atom. The van der Waals surface area contributed by atoms with Gasteiger partial charge in [-0.2, -0.15) is 0 Å². The molecule has 4 aliphatic carbocycles. The minimum absolute atomic E-state index is 0.00860. The van der Waals surface area contributed by atoms with Gasteiger partial charge in [0.2, 0.25) is 0 Å². The van der Waals surface area contributed by atoms with Crippen LogP contribution in [-0.4, -0.2) is 30.8 Å². The summed E-state index contributed by atoms with van der Waals surface area (Å²) < 4.78 is 2.94. The van der Waals surface area contributed by atoms with E-state index in [1.807, 2.05) is 6.92 Å². The molecular weight excluding hydrogens is 356 g/mol. The molecule has 4 bridgehead atoms. The average molecular weight is 386 g/mol. The number of hydrogen-bond donors (Lipinski definition) is 2. The van der Waals surface area contributed by atoms with Crippen LogP contribution in [0.25, 0.3) is 11.2 Å². The van der Waals surface area contributed by atoms with Gasteiger partial charge in [0.25, 0.3) is 5.56 Å². The highest BCUT2D eigenvalue weighted by Gasteiger charge is 2.59. The van der Waals surface area contributed by atoms with E-state index < -0.39 is 0 Å². The molecule has 2 unspecified atom stereocenters. The normalized spacial score (nSPS) is 30.7. The lowest BCUT2D eigenvalue weighted by atomic mass is 9.75. The molecule has 4 aliphatic rings. The average Bonchev–Trinajstić information content (AvgIpc) is 3.30. The fourth-order valence-electron chi connectivity index (χ4n) is 6.53. The van der Waals surface area contributed by atoms with Gasteiger partial charge in [0, 0.05) is 25.1 Å². The maximum absolute atomic E-state index is 13.1. The van der Waals surface area contributed by atoms with Gasteiger partial charge in [0.1, 0.15) is 11.3 Å². The number of nitrogens with one attached hydrogen (secondary N) is 1. The Morgan fingerprint density at radius 2 is 1.82 bits per heavy atom. The van der Waals surface area contributed by atoms with Gasteiger partial charge in [-0.1, -0.05) is 13.3 Å². The number of unbranched alkanes of at least 4 members (excludes halogenated alkanes) is 1. The summed E-state index contributed by atoms with van der Waals surface area (Å²) in [7, 11) is 0. The van der Waals surface area contributed by atoms with Crippen LogP contribution in [0.4, 0.5) is 0 Å². The lowest BCUT2D eigenvalue weighted by Crippen LogP contribution is -2.40. The van der Waals surface area contributed by atoms with E-state index in [4.69, 9.17) is 4.98 Å². The molecule has 4 saturated carbocycles. The summed E-state index contributed by atoms with van der Waals surface area (Å²) in [6.07, 6.45) is 8.43. The molecule has 0 aliphatic heterocycles. The maximum Gasteiger partial charge on any atom is 0.332 e. The molecule has 0 saturated heterocycles. The molecule has 2 aromatic heterocycles. The number of aromatic amines is 1. The minimum atomic E-state index is -0.299. The third-order valence-electron chi connectivity index (χ3n) is 7.60. The monoisotopic (exact) mass is 386 g/mol. The van der Waals surface area contributed by atoms with Crippen LogP contribution < -0.4 is 11.2 Å². The van der Waals surface area contributed by atoms with Crippen LogP contribution in [0.5, 0.6) is 0 Å². The van der Waals surface area contributed by atoms with Crippen molar-refractivity contribution in [3.05, 3.63) is 26.7 Å². The number of fused-ring (bicyclic) bond motifs is 1. The van der Waals surface area contributed by atoms with Crippen LogP contribution in [0.3, 0.4) is 0 Å². The van der Waals surface area contributed by atoms with E-state index in [9.17, 15) is 14.7 Å². The van der Waals surface area contributed by atoms with Gasteiger partial charge in [0.05, 0.1) is 0 Å². The smallest absolute Gasteiger partial charge is 0.332 e. The largest absolute Gasteiger partial charge is 0.396 e. The van der Waals surface area contributed by atoms with E-state index in [0.29, 0.717) is 36.6 Å². The topological polar surface area (TPSA) is 92.9 Å². The van der Waals surface area contributed by atoms with Crippen LogP contribution in [0, 0.1) is 17.8 Å². The number of hydrogen-bond acceptors (Lipinski definition) is 4. The molecular formula is C21H30N4O3. The van der Waals surface area contributed by atoms with Crippen LogP contribution in [0.15, 0.2) is 9.59 Å². The van der Waals surface area contributed by atoms with E-state index in [1.54, 1.807) is 4.57 Å². The number of aliphatic hydroxyl groups excluding tert-OH is 1. The van der Waals surface area contributed by atoms with E-state index in [2.05, 4.69) is 4.98 Å². The Morgan fingerprint density at radius 1 is 1.11 bits per heavy atom. The molecule has 4 fully saturated rings. The molecule has 0 radical (unpaired) electrons. The first-order chi connectivity index (χ1) is 13.6. The fourth-order valence-corrected chi connectivity index (χ4v) is 6.53. The number of rotatable bonds is 7. The van der Waals surface area contributed by atoms with Crippen LogP contribution in [0.1, 0.15) is 64.1 Å². The summed E-state index contributed by atoms with van der Waals surface area (Å²) in [6, 6.07) is 0. The zero-order chi connectivity index (χ0) is 19.5. The van der Waals surface area contributed by atoms with Gasteiger partial charge < -0.3 is 10.1 Å². The molecule has 6 rings (SSSR count). The molecule has 4 atom stereocenters. The first-order valence-electron chi connectivity index (χ1n) is 10.9. The van der Waals surface area contributed by atoms with Crippen molar-refractivity contribution in [3.8, 4) is 0 Å². The molecule has 2 aromatic rings. The van der Waals surface area contributed by atoms with Crippen LogP contribution in [0.2, 0.25) is 0 Å². The molecule has 0 spiro atoms. The molecule has 28 heavy (non-hydrogen) atoms. The second-order valence-electron chi connectivity index (χ2n) is 9.31.